The summed E-state index contributed by atoms with van der Waals surface area (Å²) < 4.78 is 0. The predicted octanol–water partition coefficient (Wildman–Crippen LogP) is 20.5. The molecule has 0 aliphatic heterocycles. The quantitative estimate of drug-likeness (QED) is 0.0308. The van der Waals surface area contributed by atoms with Crippen molar-refractivity contribution in [1.82, 2.24) is 5.32 Å². The SMILES string of the molecule is CCCCCCCCCCCCCCCCCCCCCCCC/C=C/CC/C=C/CCCC(O)C(O)C(CO)NC(=O)C(O)CCCCCCCCCCCCCCCCCCCCCCCCCCCCC. The minimum Gasteiger partial charge on any atom is -0.394 e. The van der Waals surface area contributed by atoms with E-state index in [0.29, 0.717) is 19.3 Å². The zero-order chi connectivity index (χ0) is 53.7. The van der Waals surface area contributed by atoms with Crippen LogP contribution in [0.1, 0.15) is 373 Å². The third kappa shape index (κ3) is 55.5. The van der Waals surface area contributed by atoms with Crippen LogP contribution in [-0.4, -0.2) is 57.3 Å². The lowest BCUT2D eigenvalue weighted by atomic mass is 10.00. The van der Waals surface area contributed by atoms with Crippen LogP contribution in [0.15, 0.2) is 24.3 Å². The van der Waals surface area contributed by atoms with Crippen LogP contribution in [0.3, 0.4) is 0 Å². The molecule has 0 heterocycles. The molecule has 0 aromatic heterocycles. The Hall–Kier alpha value is -1.21. The Kier molecular flexibility index (Phi) is 61.6. The number of rotatable bonds is 63. The minimum absolute atomic E-state index is 0.365. The van der Waals surface area contributed by atoms with Gasteiger partial charge in [0.25, 0.3) is 0 Å². The van der Waals surface area contributed by atoms with Crippen molar-refractivity contribution in [3.05, 3.63) is 24.3 Å². The largest absolute Gasteiger partial charge is 0.394 e. The molecule has 0 aliphatic carbocycles. The topological polar surface area (TPSA) is 110 Å². The zero-order valence-corrected chi connectivity index (χ0v) is 50.1. The number of hydrogen-bond donors (Lipinski definition) is 5. The first kappa shape index (κ1) is 72.8. The van der Waals surface area contributed by atoms with Gasteiger partial charge in [-0.1, -0.05) is 346 Å². The molecule has 0 rings (SSSR count). The second-order valence-corrected chi connectivity index (χ2v) is 23.5. The minimum atomic E-state index is -1.29. The van der Waals surface area contributed by atoms with Crippen LogP contribution in [0.25, 0.3) is 0 Å². The number of carbonyl (C=O) groups is 1. The number of nitrogens with one attached hydrogen (secondary N) is 1. The van der Waals surface area contributed by atoms with Crippen molar-refractivity contribution < 1.29 is 25.2 Å². The molecule has 6 heteroatoms. The van der Waals surface area contributed by atoms with Crippen molar-refractivity contribution in [2.24, 2.45) is 0 Å². The summed E-state index contributed by atoms with van der Waals surface area (Å²) in [5, 5.41) is 44.1. The highest BCUT2D eigenvalue weighted by Crippen LogP contribution is 2.19. The van der Waals surface area contributed by atoms with Gasteiger partial charge >= 0.3 is 0 Å². The monoisotopic (exact) mass is 1040 g/mol. The molecule has 4 unspecified atom stereocenters. The van der Waals surface area contributed by atoms with Crippen molar-refractivity contribution in [3.8, 4) is 0 Å². The molecule has 0 spiro atoms. The van der Waals surface area contributed by atoms with Crippen LogP contribution in [0, 0.1) is 0 Å². The maximum absolute atomic E-state index is 12.6. The Balaban J connectivity index is 3.59. The molecular weight excluding hydrogens is 911 g/mol. The highest BCUT2D eigenvalue weighted by atomic mass is 16.3. The van der Waals surface area contributed by atoms with E-state index in [4.69, 9.17) is 0 Å². The number of amides is 1. The maximum Gasteiger partial charge on any atom is 0.249 e. The van der Waals surface area contributed by atoms with Gasteiger partial charge in [-0.05, 0) is 51.4 Å². The highest BCUT2D eigenvalue weighted by Gasteiger charge is 2.28. The van der Waals surface area contributed by atoms with E-state index in [-0.39, 0.29) is 0 Å². The molecule has 0 aromatic carbocycles. The second-order valence-electron chi connectivity index (χ2n) is 23.5. The van der Waals surface area contributed by atoms with Crippen molar-refractivity contribution in [1.29, 1.82) is 0 Å². The predicted molar refractivity (Wildman–Crippen MR) is 325 cm³/mol. The molecular formula is C68H133NO5. The number of unbranched alkanes of at least 4 members (excludes halogenated alkanes) is 50. The number of aliphatic hydroxyl groups is 4. The number of aliphatic hydroxyl groups excluding tert-OH is 4. The van der Waals surface area contributed by atoms with Crippen LogP contribution in [0.4, 0.5) is 0 Å². The van der Waals surface area contributed by atoms with Crippen LogP contribution in [0.2, 0.25) is 0 Å². The van der Waals surface area contributed by atoms with Gasteiger partial charge in [0.15, 0.2) is 0 Å². The maximum atomic E-state index is 12.6. The normalized spacial score (nSPS) is 13.6. The van der Waals surface area contributed by atoms with Gasteiger partial charge in [0.1, 0.15) is 12.2 Å². The van der Waals surface area contributed by atoms with Gasteiger partial charge in [-0.25, -0.2) is 0 Å². The summed E-state index contributed by atoms with van der Waals surface area (Å²) in [5.74, 6) is -0.590. The third-order valence-corrected chi connectivity index (χ3v) is 16.1. The molecule has 440 valence electrons. The second kappa shape index (κ2) is 62.6. The summed E-state index contributed by atoms with van der Waals surface area (Å²) in [4.78, 5) is 12.6. The number of allylic oxidation sites excluding steroid dienone is 4. The van der Waals surface area contributed by atoms with E-state index in [2.05, 4.69) is 43.5 Å². The Morgan fingerprint density at radius 2 is 0.568 bits per heavy atom. The lowest BCUT2D eigenvalue weighted by Crippen LogP contribution is -2.53. The highest BCUT2D eigenvalue weighted by molar-refractivity contribution is 5.80. The summed E-state index contributed by atoms with van der Waals surface area (Å²) in [6, 6.07) is -1.01. The molecule has 0 aliphatic rings. The molecule has 0 saturated carbocycles. The van der Waals surface area contributed by atoms with Crippen LogP contribution < -0.4 is 5.32 Å². The first-order valence-corrected chi connectivity index (χ1v) is 33.7. The van der Waals surface area contributed by atoms with Gasteiger partial charge in [0.05, 0.1) is 18.8 Å². The number of carbonyl (C=O) groups excluding carboxylic acids is 1. The fourth-order valence-corrected chi connectivity index (χ4v) is 10.9. The zero-order valence-electron chi connectivity index (χ0n) is 50.1. The Labute approximate surface area is 463 Å². The van der Waals surface area contributed by atoms with Crippen LogP contribution in [-0.2, 0) is 4.79 Å². The van der Waals surface area contributed by atoms with Crippen molar-refractivity contribution in [2.75, 3.05) is 6.61 Å². The van der Waals surface area contributed by atoms with Gasteiger partial charge < -0.3 is 25.7 Å². The van der Waals surface area contributed by atoms with E-state index in [1.165, 1.54) is 302 Å². The summed E-state index contributed by atoms with van der Waals surface area (Å²) in [7, 11) is 0. The van der Waals surface area contributed by atoms with Gasteiger partial charge in [-0.3, -0.25) is 4.79 Å². The lowest BCUT2D eigenvalue weighted by molar-refractivity contribution is -0.132. The smallest absolute Gasteiger partial charge is 0.249 e. The van der Waals surface area contributed by atoms with Crippen molar-refractivity contribution >= 4 is 5.91 Å². The Bertz CT molecular complexity index is 1130. The molecule has 6 nitrogen and oxygen atoms in total. The van der Waals surface area contributed by atoms with E-state index in [1.54, 1.807) is 0 Å². The summed E-state index contributed by atoms with van der Waals surface area (Å²) >= 11 is 0. The molecule has 0 aromatic rings. The van der Waals surface area contributed by atoms with Crippen molar-refractivity contribution in [2.45, 2.75) is 398 Å². The van der Waals surface area contributed by atoms with Gasteiger partial charge in [-0.15, -0.1) is 0 Å². The van der Waals surface area contributed by atoms with Crippen molar-refractivity contribution in [3.63, 3.8) is 0 Å². The average molecular weight is 1040 g/mol. The van der Waals surface area contributed by atoms with E-state index < -0.39 is 36.9 Å². The standard InChI is InChI=1S/C68H133NO5/c1-3-5-7-9-11-13-15-17-19-21-23-25-27-29-31-32-33-34-36-37-39-41-43-45-47-49-51-53-55-57-59-61-65(71)67(73)64(63-70)69-68(74)66(72)62-60-58-56-54-52-50-48-46-44-42-40-38-35-30-28-26-24-22-20-18-16-14-12-10-8-6-4-2/h45,47,53,55,64-67,70-73H,3-44,46,48-52,54,56-63H2,1-2H3,(H,69,74)/b47-45+,55-53+. The van der Waals surface area contributed by atoms with Crippen LogP contribution in [0.5, 0.6) is 0 Å². The van der Waals surface area contributed by atoms with E-state index in [1.807, 2.05) is 0 Å². The summed E-state index contributed by atoms with van der Waals surface area (Å²) in [6.07, 6.45) is 78.7. The van der Waals surface area contributed by atoms with Gasteiger partial charge in [0.2, 0.25) is 5.91 Å². The molecule has 74 heavy (non-hydrogen) atoms. The number of hydrogen-bond acceptors (Lipinski definition) is 5. The van der Waals surface area contributed by atoms with Crippen LogP contribution >= 0.6 is 0 Å². The first-order valence-electron chi connectivity index (χ1n) is 33.7. The van der Waals surface area contributed by atoms with E-state index >= 15 is 0 Å². The molecule has 1 amide bonds. The summed E-state index contributed by atoms with van der Waals surface area (Å²) in [6.45, 7) is 4.10. The first-order chi connectivity index (χ1) is 36.5. The Morgan fingerprint density at radius 3 is 0.851 bits per heavy atom. The van der Waals surface area contributed by atoms with Gasteiger partial charge in [-0.2, -0.15) is 0 Å². The molecule has 4 atom stereocenters. The summed E-state index contributed by atoms with van der Waals surface area (Å²) in [5.41, 5.74) is 0. The molecule has 0 radical (unpaired) electrons. The van der Waals surface area contributed by atoms with E-state index in [0.717, 1.165) is 38.5 Å². The molecule has 0 saturated heterocycles. The van der Waals surface area contributed by atoms with E-state index in [9.17, 15) is 25.2 Å². The van der Waals surface area contributed by atoms with Gasteiger partial charge in [0, 0.05) is 0 Å². The molecule has 0 bridgehead atoms. The molecule has 0 fully saturated rings. The fraction of sp³-hybridized carbons (Fsp3) is 0.926. The lowest BCUT2D eigenvalue weighted by Gasteiger charge is -2.27. The average Bonchev–Trinajstić information content (AvgIpc) is 3.41. The third-order valence-electron chi connectivity index (χ3n) is 16.1. The molecule has 5 N–H and O–H groups in total. The Morgan fingerprint density at radius 1 is 0.324 bits per heavy atom. The fourth-order valence-electron chi connectivity index (χ4n) is 10.9.